The van der Waals surface area contributed by atoms with Crippen molar-refractivity contribution in [3.8, 4) is 5.75 Å². The molecule has 7 heteroatoms. The molecule has 168 valence electrons. The summed E-state index contributed by atoms with van der Waals surface area (Å²) in [6.07, 6.45) is 6.13. The Labute approximate surface area is 185 Å². The van der Waals surface area contributed by atoms with Gasteiger partial charge in [-0.25, -0.2) is 4.98 Å². The van der Waals surface area contributed by atoms with Crippen molar-refractivity contribution in [2.24, 2.45) is 13.0 Å². The molecule has 1 aliphatic rings. The minimum Gasteiger partial charge on any atom is -0.491 e. The number of carbonyl (C=O) groups excluding carboxylic acids is 2. The zero-order valence-corrected chi connectivity index (χ0v) is 19.1. The minimum absolute atomic E-state index is 0.000128. The number of para-hydroxylation sites is 1. The van der Waals surface area contributed by atoms with Gasteiger partial charge in [0.15, 0.2) is 0 Å². The first-order valence-corrected chi connectivity index (χ1v) is 11.2. The molecule has 0 radical (unpaired) electrons. The van der Waals surface area contributed by atoms with Crippen molar-refractivity contribution in [2.75, 3.05) is 26.2 Å². The fourth-order valence-corrected chi connectivity index (χ4v) is 4.01. The summed E-state index contributed by atoms with van der Waals surface area (Å²) in [5.74, 6) is 0.686. The second-order valence-electron chi connectivity index (χ2n) is 8.49. The van der Waals surface area contributed by atoms with Gasteiger partial charge >= 0.3 is 0 Å². The maximum absolute atomic E-state index is 13.3. The number of benzene rings is 1. The van der Waals surface area contributed by atoms with Gasteiger partial charge in [-0.3, -0.25) is 9.59 Å². The van der Waals surface area contributed by atoms with Crippen LogP contribution >= 0.6 is 0 Å². The summed E-state index contributed by atoms with van der Waals surface area (Å²) in [6, 6.07) is 7.27. The molecule has 0 saturated heterocycles. The lowest BCUT2D eigenvalue weighted by Gasteiger charge is -2.34. The number of aryl methyl sites for hydroxylation is 1. The zero-order valence-electron chi connectivity index (χ0n) is 19.1. The summed E-state index contributed by atoms with van der Waals surface area (Å²) in [6.45, 7) is 8.52. The fourth-order valence-electron chi connectivity index (χ4n) is 4.01. The molecule has 31 heavy (non-hydrogen) atoms. The molecular formula is C24H34N4O3. The van der Waals surface area contributed by atoms with Gasteiger partial charge in [-0.1, -0.05) is 26.0 Å². The van der Waals surface area contributed by atoms with Gasteiger partial charge in [-0.05, 0) is 44.2 Å². The van der Waals surface area contributed by atoms with E-state index in [0.717, 1.165) is 19.3 Å². The standard InChI is InChI=1S/C24H34N4O3/c1-5-27-13-9-6-10-14-28(24(30)20-15-26(4)17-25-20)21(18(2)3)16-31-22-12-8-7-11-19(22)23(27)29/h7-8,11-12,15,17-18,21H,5-6,9-10,13-14,16H2,1-4H3/t21-/m1/s1. The smallest absolute Gasteiger partial charge is 0.274 e. The highest BCUT2D eigenvalue weighted by Gasteiger charge is 2.30. The van der Waals surface area contributed by atoms with Crippen LogP contribution in [0.1, 0.15) is 60.9 Å². The minimum atomic E-state index is -0.124. The van der Waals surface area contributed by atoms with E-state index in [-0.39, 0.29) is 23.8 Å². The second kappa shape index (κ2) is 10.5. The number of ether oxygens (including phenoxy) is 1. The summed E-state index contributed by atoms with van der Waals surface area (Å²) in [7, 11) is 1.86. The van der Waals surface area contributed by atoms with Crippen LogP contribution in [-0.4, -0.2) is 63.4 Å². The Morgan fingerprint density at radius 2 is 1.94 bits per heavy atom. The molecule has 1 aliphatic heterocycles. The van der Waals surface area contributed by atoms with Gasteiger partial charge in [0.25, 0.3) is 11.8 Å². The van der Waals surface area contributed by atoms with Gasteiger partial charge in [0.05, 0.1) is 17.9 Å². The van der Waals surface area contributed by atoms with Crippen LogP contribution in [0.5, 0.6) is 5.75 Å². The van der Waals surface area contributed by atoms with E-state index in [1.807, 2.05) is 48.0 Å². The molecule has 0 unspecified atom stereocenters. The predicted octanol–water partition coefficient (Wildman–Crippen LogP) is 3.61. The summed E-state index contributed by atoms with van der Waals surface area (Å²) in [4.78, 5) is 34.5. The number of carbonyl (C=O) groups is 2. The lowest BCUT2D eigenvalue weighted by atomic mass is 10.0. The summed E-state index contributed by atoms with van der Waals surface area (Å²) in [5, 5.41) is 0. The number of fused-ring (bicyclic) bond motifs is 1. The summed E-state index contributed by atoms with van der Waals surface area (Å²) >= 11 is 0. The lowest BCUT2D eigenvalue weighted by Crippen LogP contribution is -2.47. The van der Waals surface area contributed by atoms with Crippen LogP contribution in [0, 0.1) is 5.92 Å². The lowest BCUT2D eigenvalue weighted by molar-refractivity contribution is 0.0522. The largest absolute Gasteiger partial charge is 0.491 e. The van der Waals surface area contributed by atoms with Crippen LogP contribution in [0.25, 0.3) is 0 Å². The zero-order chi connectivity index (χ0) is 22.4. The van der Waals surface area contributed by atoms with Crippen molar-refractivity contribution in [2.45, 2.75) is 46.1 Å². The van der Waals surface area contributed by atoms with Crippen molar-refractivity contribution in [1.29, 1.82) is 0 Å². The monoisotopic (exact) mass is 426 g/mol. The molecule has 1 atom stereocenters. The van der Waals surface area contributed by atoms with Crippen molar-refractivity contribution >= 4 is 11.8 Å². The van der Waals surface area contributed by atoms with E-state index in [4.69, 9.17) is 4.74 Å². The number of amides is 2. The molecule has 0 N–H and O–H groups in total. The molecule has 7 nitrogen and oxygen atoms in total. The molecule has 0 aliphatic carbocycles. The van der Waals surface area contributed by atoms with E-state index in [2.05, 4.69) is 18.8 Å². The fraction of sp³-hybridized carbons (Fsp3) is 0.542. The van der Waals surface area contributed by atoms with E-state index in [1.165, 1.54) is 0 Å². The van der Waals surface area contributed by atoms with Crippen LogP contribution < -0.4 is 4.74 Å². The highest BCUT2D eigenvalue weighted by Crippen LogP contribution is 2.24. The van der Waals surface area contributed by atoms with E-state index in [9.17, 15) is 9.59 Å². The SMILES string of the molecule is CCN1CCCCCN(C(=O)c2cn(C)cn2)[C@@H](C(C)C)COc2ccccc2C1=O. The quantitative estimate of drug-likeness (QED) is 0.752. The molecular weight excluding hydrogens is 392 g/mol. The van der Waals surface area contributed by atoms with Crippen molar-refractivity contribution < 1.29 is 14.3 Å². The Morgan fingerprint density at radius 3 is 2.61 bits per heavy atom. The number of rotatable bonds is 3. The van der Waals surface area contributed by atoms with Crippen LogP contribution in [-0.2, 0) is 7.05 Å². The molecule has 1 aromatic heterocycles. The van der Waals surface area contributed by atoms with Crippen molar-refractivity contribution in [3.63, 3.8) is 0 Å². The average molecular weight is 427 g/mol. The van der Waals surface area contributed by atoms with Crippen LogP contribution in [0.15, 0.2) is 36.8 Å². The Morgan fingerprint density at radius 1 is 1.19 bits per heavy atom. The third kappa shape index (κ3) is 5.46. The van der Waals surface area contributed by atoms with E-state index < -0.39 is 0 Å². The molecule has 2 heterocycles. The third-order valence-corrected chi connectivity index (χ3v) is 5.88. The number of hydrogen-bond acceptors (Lipinski definition) is 4. The summed E-state index contributed by atoms with van der Waals surface area (Å²) < 4.78 is 7.98. The Kier molecular flexibility index (Phi) is 7.71. The third-order valence-electron chi connectivity index (χ3n) is 5.88. The highest BCUT2D eigenvalue weighted by atomic mass is 16.5. The first-order chi connectivity index (χ1) is 14.9. The first kappa shape index (κ1) is 22.8. The van der Waals surface area contributed by atoms with E-state index in [1.54, 1.807) is 17.1 Å². The van der Waals surface area contributed by atoms with Gasteiger partial charge in [-0.2, -0.15) is 0 Å². The summed E-state index contributed by atoms with van der Waals surface area (Å²) in [5.41, 5.74) is 1.03. The van der Waals surface area contributed by atoms with E-state index >= 15 is 0 Å². The molecule has 1 aromatic carbocycles. The van der Waals surface area contributed by atoms with Crippen molar-refractivity contribution in [3.05, 3.63) is 48.0 Å². The number of nitrogens with zero attached hydrogens (tertiary/aromatic N) is 4. The molecule has 2 aromatic rings. The molecule has 0 spiro atoms. The topological polar surface area (TPSA) is 67.7 Å². The van der Waals surface area contributed by atoms with Crippen LogP contribution in [0.3, 0.4) is 0 Å². The highest BCUT2D eigenvalue weighted by molar-refractivity contribution is 5.97. The van der Waals surface area contributed by atoms with Gasteiger partial charge in [0.2, 0.25) is 0 Å². The van der Waals surface area contributed by atoms with Crippen LogP contribution in [0.4, 0.5) is 0 Å². The van der Waals surface area contributed by atoms with Gasteiger partial charge < -0.3 is 19.1 Å². The predicted molar refractivity (Wildman–Crippen MR) is 120 cm³/mol. The van der Waals surface area contributed by atoms with Gasteiger partial charge in [0.1, 0.15) is 18.1 Å². The van der Waals surface area contributed by atoms with E-state index in [0.29, 0.717) is 43.2 Å². The number of imidazole rings is 1. The number of aromatic nitrogens is 2. The van der Waals surface area contributed by atoms with Gasteiger partial charge in [-0.15, -0.1) is 0 Å². The Bertz CT molecular complexity index is 892. The van der Waals surface area contributed by atoms with Crippen molar-refractivity contribution in [1.82, 2.24) is 19.4 Å². The second-order valence-corrected chi connectivity index (χ2v) is 8.49. The van der Waals surface area contributed by atoms with Gasteiger partial charge in [0, 0.05) is 32.9 Å². The Hall–Kier alpha value is -2.83. The average Bonchev–Trinajstić information content (AvgIpc) is 3.20. The maximum atomic E-state index is 13.3. The first-order valence-electron chi connectivity index (χ1n) is 11.2. The Balaban J connectivity index is 1.92. The molecule has 0 fully saturated rings. The van der Waals surface area contributed by atoms with Crippen LogP contribution in [0.2, 0.25) is 0 Å². The molecule has 0 bridgehead atoms. The maximum Gasteiger partial charge on any atom is 0.274 e. The molecule has 3 rings (SSSR count). The normalized spacial score (nSPS) is 18.6. The molecule has 0 saturated carbocycles. The number of hydrogen-bond donors (Lipinski definition) is 0. The molecule has 2 amide bonds.